The number of nitrogens with zero attached hydrogens (tertiary/aromatic N) is 1. The molecular formula is C16H25FN2O. The second-order valence-corrected chi connectivity index (χ2v) is 5.90. The van der Waals surface area contributed by atoms with Gasteiger partial charge in [-0.2, -0.15) is 0 Å². The van der Waals surface area contributed by atoms with Crippen molar-refractivity contribution in [2.75, 3.05) is 13.1 Å². The lowest BCUT2D eigenvalue weighted by Crippen LogP contribution is -2.49. The number of hydrogen-bond donors (Lipinski definition) is 2. The maximum atomic E-state index is 13.5. The Bertz CT molecular complexity index is 440. The zero-order valence-corrected chi connectivity index (χ0v) is 12.3. The highest BCUT2D eigenvalue weighted by atomic mass is 19.1. The van der Waals surface area contributed by atoms with Crippen LogP contribution in [0, 0.1) is 11.7 Å². The SMILES string of the molecule is CCC(N)C(c1cccc(F)c1)N1CCC(C)C(O)C1. The molecule has 4 heteroatoms. The van der Waals surface area contributed by atoms with Gasteiger partial charge in [0.2, 0.25) is 0 Å². The minimum Gasteiger partial charge on any atom is -0.392 e. The third-order valence-corrected chi connectivity index (χ3v) is 4.41. The number of likely N-dealkylation sites (tertiary alicyclic amines) is 1. The van der Waals surface area contributed by atoms with Crippen molar-refractivity contribution in [2.45, 2.75) is 44.9 Å². The molecule has 4 unspecified atom stereocenters. The summed E-state index contributed by atoms with van der Waals surface area (Å²) in [6.45, 7) is 5.61. The minimum atomic E-state index is -0.330. The van der Waals surface area contributed by atoms with Gasteiger partial charge < -0.3 is 10.8 Å². The third-order valence-electron chi connectivity index (χ3n) is 4.41. The van der Waals surface area contributed by atoms with Crippen LogP contribution in [0.4, 0.5) is 4.39 Å². The number of nitrogens with two attached hydrogens (primary N) is 1. The van der Waals surface area contributed by atoms with Crippen LogP contribution in [0.1, 0.15) is 38.3 Å². The Morgan fingerprint density at radius 2 is 2.25 bits per heavy atom. The maximum Gasteiger partial charge on any atom is 0.123 e. The van der Waals surface area contributed by atoms with Gasteiger partial charge in [0.25, 0.3) is 0 Å². The zero-order valence-electron chi connectivity index (χ0n) is 12.3. The first-order valence-corrected chi connectivity index (χ1v) is 7.46. The first-order chi connectivity index (χ1) is 9.52. The van der Waals surface area contributed by atoms with Gasteiger partial charge in [0.15, 0.2) is 0 Å². The van der Waals surface area contributed by atoms with Crippen molar-refractivity contribution in [3.8, 4) is 0 Å². The zero-order chi connectivity index (χ0) is 14.7. The van der Waals surface area contributed by atoms with Crippen molar-refractivity contribution < 1.29 is 9.50 Å². The number of halogens is 1. The number of aliphatic hydroxyl groups excluding tert-OH is 1. The molecule has 0 radical (unpaired) electrons. The quantitative estimate of drug-likeness (QED) is 0.890. The molecule has 0 saturated carbocycles. The summed E-state index contributed by atoms with van der Waals surface area (Å²) in [7, 11) is 0. The molecule has 0 spiro atoms. The number of rotatable bonds is 4. The lowest BCUT2D eigenvalue weighted by atomic mass is 9.90. The molecule has 0 amide bonds. The van der Waals surface area contributed by atoms with Crippen LogP contribution in [0.25, 0.3) is 0 Å². The lowest BCUT2D eigenvalue weighted by Gasteiger charge is -2.41. The van der Waals surface area contributed by atoms with E-state index < -0.39 is 0 Å². The van der Waals surface area contributed by atoms with Crippen LogP contribution < -0.4 is 5.73 Å². The molecule has 1 heterocycles. The summed E-state index contributed by atoms with van der Waals surface area (Å²) < 4.78 is 13.5. The Morgan fingerprint density at radius 1 is 1.50 bits per heavy atom. The predicted octanol–water partition coefficient (Wildman–Crippen LogP) is 2.31. The van der Waals surface area contributed by atoms with Crippen molar-refractivity contribution in [1.29, 1.82) is 0 Å². The van der Waals surface area contributed by atoms with Gasteiger partial charge in [-0.15, -0.1) is 0 Å². The van der Waals surface area contributed by atoms with Gasteiger partial charge in [0, 0.05) is 12.6 Å². The third kappa shape index (κ3) is 3.37. The standard InChI is InChI=1S/C16H25FN2O/c1-3-14(18)16(12-5-4-6-13(17)9-12)19-8-7-11(2)15(20)10-19/h4-6,9,11,14-16,20H,3,7-8,10,18H2,1-2H3. The van der Waals surface area contributed by atoms with E-state index in [1.165, 1.54) is 6.07 Å². The Labute approximate surface area is 120 Å². The van der Waals surface area contributed by atoms with Gasteiger partial charge >= 0.3 is 0 Å². The van der Waals surface area contributed by atoms with Gasteiger partial charge in [-0.1, -0.05) is 26.0 Å². The molecule has 4 atom stereocenters. The van der Waals surface area contributed by atoms with Gasteiger partial charge in [0.1, 0.15) is 5.82 Å². The fourth-order valence-corrected chi connectivity index (χ4v) is 2.97. The van der Waals surface area contributed by atoms with Crippen LogP contribution in [0.2, 0.25) is 0 Å². The molecule has 20 heavy (non-hydrogen) atoms. The highest BCUT2D eigenvalue weighted by molar-refractivity contribution is 5.22. The molecule has 1 aliphatic rings. The second-order valence-electron chi connectivity index (χ2n) is 5.90. The van der Waals surface area contributed by atoms with E-state index in [0.717, 1.165) is 24.9 Å². The summed E-state index contributed by atoms with van der Waals surface area (Å²) in [6.07, 6.45) is 1.44. The molecule has 0 aromatic heterocycles. The first-order valence-electron chi connectivity index (χ1n) is 7.46. The maximum absolute atomic E-state index is 13.5. The molecule has 2 rings (SSSR count). The van der Waals surface area contributed by atoms with Crippen LogP contribution in [-0.4, -0.2) is 35.2 Å². The summed E-state index contributed by atoms with van der Waals surface area (Å²) in [6, 6.07) is 6.57. The number of hydrogen-bond acceptors (Lipinski definition) is 3. The molecule has 3 N–H and O–H groups in total. The summed E-state index contributed by atoms with van der Waals surface area (Å²) in [4.78, 5) is 2.20. The topological polar surface area (TPSA) is 49.5 Å². The highest BCUT2D eigenvalue weighted by Gasteiger charge is 2.32. The van der Waals surface area contributed by atoms with Gasteiger partial charge in [-0.25, -0.2) is 4.39 Å². The van der Waals surface area contributed by atoms with Crippen molar-refractivity contribution in [3.05, 3.63) is 35.6 Å². The van der Waals surface area contributed by atoms with Gasteiger partial charge in [-0.3, -0.25) is 4.90 Å². The Morgan fingerprint density at radius 3 is 2.85 bits per heavy atom. The molecular weight excluding hydrogens is 255 g/mol. The average Bonchev–Trinajstić information content (AvgIpc) is 2.43. The molecule has 1 aromatic rings. The summed E-state index contributed by atoms with van der Waals surface area (Å²) in [5.74, 6) is 0.0824. The minimum absolute atomic E-state index is 0.0298. The number of aliphatic hydroxyl groups is 1. The van der Waals surface area contributed by atoms with Crippen molar-refractivity contribution in [1.82, 2.24) is 4.90 Å². The van der Waals surface area contributed by atoms with Crippen LogP contribution >= 0.6 is 0 Å². The van der Waals surface area contributed by atoms with Crippen molar-refractivity contribution in [3.63, 3.8) is 0 Å². The number of piperidine rings is 1. The van der Waals surface area contributed by atoms with E-state index in [-0.39, 0.29) is 24.0 Å². The van der Waals surface area contributed by atoms with Gasteiger partial charge in [0.05, 0.1) is 12.1 Å². The van der Waals surface area contributed by atoms with E-state index in [2.05, 4.69) is 11.8 Å². The van der Waals surface area contributed by atoms with E-state index in [1.54, 1.807) is 12.1 Å². The smallest absolute Gasteiger partial charge is 0.123 e. The van der Waals surface area contributed by atoms with Crippen LogP contribution in [0.15, 0.2) is 24.3 Å². The lowest BCUT2D eigenvalue weighted by molar-refractivity contribution is 0.00391. The molecule has 1 aliphatic heterocycles. The first kappa shape index (κ1) is 15.4. The van der Waals surface area contributed by atoms with E-state index in [0.29, 0.717) is 12.5 Å². The fraction of sp³-hybridized carbons (Fsp3) is 0.625. The molecule has 112 valence electrons. The Balaban J connectivity index is 2.24. The average molecular weight is 280 g/mol. The van der Waals surface area contributed by atoms with Crippen LogP contribution in [0.5, 0.6) is 0 Å². The Kier molecular flexibility index (Phi) is 5.13. The van der Waals surface area contributed by atoms with E-state index in [9.17, 15) is 9.50 Å². The summed E-state index contributed by atoms with van der Waals surface area (Å²) in [5, 5.41) is 10.1. The fourth-order valence-electron chi connectivity index (χ4n) is 2.97. The summed E-state index contributed by atoms with van der Waals surface area (Å²) >= 11 is 0. The second kappa shape index (κ2) is 6.66. The highest BCUT2D eigenvalue weighted by Crippen LogP contribution is 2.30. The van der Waals surface area contributed by atoms with Crippen LogP contribution in [-0.2, 0) is 0 Å². The molecule has 0 bridgehead atoms. The molecule has 1 aromatic carbocycles. The summed E-state index contributed by atoms with van der Waals surface area (Å²) in [5.41, 5.74) is 7.17. The molecule has 3 nitrogen and oxygen atoms in total. The Hall–Kier alpha value is -0.970. The normalized spacial score (nSPS) is 27.2. The van der Waals surface area contributed by atoms with Gasteiger partial charge in [-0.05, 0) is 43.0 Å². The van der Waals surface area contributed by atoms with E-state index >= 15 is 0 Å². The van der Waals surface area contributed by atoms with Crippen molar-refractivity contribution in [2.24, 2.45) is 11.7 Å². The largest absolute Gasteiger partial charge is 0.392 e. The number of β-amino-alcohol motifs (C(OH)–C–C–N with tert-alkyl or cyclic N) is 1. The molecule has 1 fully saturated rings. The van der Waals surface area contributed by atoms with E-state index in [1.807, 2.05) is 13.0 Å². The van der Waals surface area contributed by atoms with Crippen LogP contribution in [0.3, 0.4) is 0 Å². The van der Waals surface area contributed by atoms with E-state index in [4.69, 9.17) is 5.73 Å². The molecule has 1 saturated heterocycles. The number of benzene rings is 1. The van der Waals surface area contributed by atoms with Crippen molar-refractivity contribution >= 4 is 0 Å². The monoisotopic (exact) mass is 280 g/mol. The molecule has 0 aliphatic carbocycles. The predicted molar refractivity (Wildman–Crippen MR) is 78.8 cm³/mol.